The van der Waals surface area contributed by atoms with Crippen molar-refractivity contribution in [3.8, 4) is 0 Å². The van der Waals surface area contributed by atoms with Crippen molar-refractivity contribution in [1.29, 1.82) is 0 Å². The van der Waals surface area contributed by atoms with Gasteiger partial charge in [-0.05, 0) is 33.3 Å². The molecule has 1 aromatic rings. The van der Waals surface area contributed by atoms with Crippen LogP contribution in [0, 0.1) is 0 Å². The Labute approximate surface area is 129 Å². The van der Waals surface area contributed by atoms with Crippen molar-refractivity contribution in [2.75, 3.05) is 6.61 Å². The molecule has 0 heterocycles. The monoisotopic (exact) mass is 308 g/mol. The number of ether oxygens (including phenoxy) is 2. The van der Waals surface area contributed by atoms with Crippen LogP contribution in [0.15, 0.2) is 42.5 Å². The summed E-state index contributed by atoms with van der Waals surface area (Å²) in [5, 5.41) is -0.449. The van der Waals surface area contributed by atoms with E-state index in [1.807, 2.05) is 51.1 Å². The van der Waals surface area contributed by atoms with Crippen LogP contribution in [0.25, 0.3) is 0 Å². The molecule has 0 radical (unpaired) electrons. The minimum atomic E-state index is -0.576. The van der Waals surface area contributed by atoms with Crippen LogP contribution in [0.1, 0.15) is 39.7 Å². The second-order valence-electron chi connectivity index (χ2n) is 6.00. The van der Waals surface area contributed by atoms with Crippen molar-refractivity contribution < 1.29 is 14.3 Å². The third-order valence-corrected chi connectivity index (χ3v) is 3.67. The summed E-state index contributed by atoms with van der Waals surface area (Å²) in [5.74, 6) is -0.364. The van der Waals surface area contributed by atoms with Crippen LogP contribution < -0.4 is 0 Å². The van der Waals surface area contributed by atoms with Gasteiger partial charge in [-0.15, -0.1) is 0 Å². The van der Waals surface area contributed by atoms with Gasteiger partial charge in [0.2, 0.25) is 0 Å². The summed E-state index contributed by atoms with van der Waals surface area (Å²) >= 11 is 0. The Balaban J connectivity index is 2.52. The van der Waals surface area contributed by atoms with Crippen LogP contribution in [0.4, 0.5) is 0 Å². The topological polar surface area (TPSA) is 35.5 Å². The summed E-state index contributed by atoms with van der Waals surface area (Å²) in [7, 11) is 2.73. The van der Waals surface area contributed by atoms with Gasteiger partial charge in [0.1, 0.15) is 10.9 Å². The van der Waals surface area contributed by atoms with E-state index < -0.39 is 10.9 Å². The Morgan fingerprint density at radius 3 is 2.33 bits per heavy atom. The van der Waals surface area contributed by atoms with E-state index in [9.17, 15) is 4.79 Å². The molecule has 0 aromatic heterocycles. The molecule has 4 heteroatoms. The van der Waals surface area contributed by atoms with E-state index in [0.29, 0.717) is 18.6 Å². The van der Waals surface area contributed by atoms with Crippen LogP contribution in [0.3, 0.4) is 0 Å². The summed E-state index contributed by atoms with van der Waals surface area (Å²) in [4.78, 5) is 11.6. The van der Waals surface area contributed by atoms with E-state index in [-0.39, 0.29) is 5.97 Å². The van der Waals surface area contributed by atoms with Crippen molar-refractivity contribution in [3.63, 3.8) is 0 Å². The Morgan fingerprint density at radius 2 is 1.81 bits per heavy atom. The second-order valence-corrected chi connectivity index (χ2v) is 7.10. The predicted molar refractivity (Wildman–Crippen MR) is 89.1 cm³/mol. The fraction of sp³-hybridized carbons (Fsp3) is 0.471. The van der Waals surface area contributed by atoms with Crippen LogP contribution in [0.5, 0.6) is 0 Å². The Hall–Kier alpha value is -1.18. The quantitative estimate of drug-likeness (QED) is 0.433. The van der Waals surface area contributed by atoms with Gasteiger partial charge in [-0.25, -0.2) is 4.79 Å². The Bertz CT molecular complexity index is 492. The molecule has 2 atom stereocenters. The molecule has 0 bridgehead atoms. The first-order valence-electron chi connectivity index (χ1n) is 7.01. The zero-order valence-corrected chi connectivity index (χ0v) is 14.5. The molecule has 2 unspecified atom stereocenters. The maximum absolute atomic E-state index is 11.6. The summed E-state index contributed by atoms with van der Waals surface area (Å²) in [6.45, 7) is 11.5. The summed E-state index contributed by atoms with van der Waals surface area (Å²) in [6.07, 6.45) is 0.614. The third kappa shape index (κ3) is 5.99. The zero-order valence-electron chi connectivity index (χ0n) is 13.3. The smallest absolute Gasteiger partial charge is 0.333 e. The molecule has 0 saturated carbocycles. The van der Waals surface area contributed by atoms with E-state index >= 15 is 0 Å². The fourth-order valence-electron chi connectivity index (χ4n) is 1.75. The average molecular weight is 308 g/mol. The number of carbonyl (C=O) groups excluding carboxylic acids is 1. The lowest BCUT2D eigenvalue weighted by atomic mass is 10.1. The first kappa shape index (κ1) is 17.9. The minimum Gasteiger partial charge on any atom is -0.456 e. The largest absolute Gasteiger partial charge is 0.456 e. The SMILES string of the molecule is C=C(C)C(=O)OC(C)(C)CCOC(C)(P)c1ccccc1. The first-order chi connectivity index (χ1) is 9.64. The molecule has 21 heavy (non-hydrogen) atoms. The van der Waals surface area contributed by atoms with Crippen LogP contribution in [-0.4, -0.2) is 18.2 Å². The van der Waals surface area contributed by atoms with Crippen molar-refractivity contribution in [2.45, 2.75) is 45.1 Å². The summed E-state index contributed by atoms with van der Waals surface area (Å²) in [5.41, 5.74) is 0.920. The van der Waals surface area contributed by atoms with E-state index in [0.717, 1.165) is 5.56 Å². The maximum Gasteiger partial charge on any atom is 0.333 e. The molecule has 0 amide bonds. The highest BCUT2D eigenvalue weighted by molar-refractivity contribution is 7.18. The molecule has 0 saturated heterocycles. The fourth-order valence-corrected chi connectivity index (χ4v) is 2.06. The molecule has 0 aliphatic carbocycles. The molecule has 1 rings (SSSR count). The van der Waals surface area contributed by atoms with Gasteiger partial charge in [-0.2, -0.15) is 0 Å². The molecule has 3 nitrogen and oxygen atoms in total. The Morgan fingerprint density at radius 1 is 1.24 bits per heavy atom. The molecule has 0 fully saturated rings. The second kappa shape index (κ2) is 7.20. The number of hydrogen-bond donors (Lipinski definition) is 0. The number of esters is 1. The molecule has 0 spiro atoms. The van der Waals surface area contributed by atoms with Crippen LogP contribution in [-0.2, 0) is 19.6 Å². The van der Waals surface area contributed by atoms with Gasteiger partial charge in [0.15, 0.2) is 0 Å². The number of carbonyl (C=O) groups is 1. The zero-order chi connectivity index (χ0) is 16.1. The highest BCUT2D eigenvalue weighted by Gasteiger charge is 2.26. The highest BCUT2D eigenvalue weighted by atomic mass is 31.0. The molecular weight excluding hydrogens is 283 g/mol. The molecule has 1 aromatic carbocycles. The number of rotatable bonds is 7. The molecular formula is C17H25O3P. The van der Waals surface area contributed by atoms with Gasteiger partial charge < -0.3 is 9.47 Å². The van der Waals surface area contributed by atoms with Gasteiger partial charge in [-0.1, -0.05) is 46.2 Å². The molecule has 0 N–H and O–H groups in total. The standard InChI is InChI=1S/C17H25O3P/c1-13(2)15(18)20-16(3,4)11-12-19-17(5,21)14-9-7-6-8-10-14/h6-10H,1,11-12,21H2,2-5H3. The lowest BCUT2D eigenvalue weighted by molar-refractivity contribution is -0.153. The van der Waals surface area contributed by atoms with Gasteiger partial charge >= 0.3 is 5.97 Å². The van der Waals surface area contributed by atoms with E-state index in [1.54, 1.807) is 6.92 Å². The van der Waals surface area contributed by atoms with E-state index in [4.69, 9.17) is 9.47 Å². The lowest BCUT2D eigenvalue weighted by Crippen LogP contribution is -2.31. The van der Waals surface area contributed by atoms with Gasteiger partial charge in [0, 0.05) is 12.0 Å². The van der Waals surface area contributed by atoms with Crippen molar-refractivity contribution in [1.82, 2.24) is 0 Å². The first-order valence-corrected chi connectivity index (χ1v) is 7.59. The molecule has 0 aliphatic rings. The summed E-state index contributed by atoms with van der Waals surface area (Å²) < 4.78 is 11.3. The average Bonchev–Trinajstić information content (AvgIpc) is 2.38. The van der Waals surface area contributed by atoms with Gasteiger partial charge in [0.05, 0.1) is 6.61 Å². The maximum atomic E-state index is 11.6. The van der Waals surface area contributed by atoms with Crippen molar-refractivity contribution in [3.05, 3.63) is 48.0 Å². The third-order valence-electron chi connectivity index (χ3n) is 3.17. The highest BCUT2D eigenvalue weighted by Crippen LogP contribution is 2.33. The number of hydrogen-bond acceptors (Lipinski definition) is 3. The minimum absolute atomic E-state index is 0.364. The van der Waals surface area contributed by atoms with Crippen LogP contribution >= 0.6 is 9.24 Å². The molecule has 116 valence electrons. The van der Waals surface area contributed by atoms with Gasteiger partial charge in [0.25, 0.3) is 0 Å². The normalized spacial score (nSPS) is 14.3. The Kier molecular flexibility index (Phi) is 6.12. The summed E-state index contributed by atoms with van der Waals surface area (Å²) in [6, 6.07) is 10.0. The molecule has 0 aliphatic heterocycles. The van der Waals surface area contributed by atoms with Crippen LogP contribution in [0.2, 0.25) is 0 Å². The van der Waals surface area contributed by atoms with E-state index in [2.05, 4.69) is 15.8 Å². The predicted octanol–water partition coefficient (Wildman–Crippen LogP) is 4.04. The van der Waals surface area contributed by atoms with Crippen molar-refractivity contribution >= 4 is 15.2 Å². The van der Waals surface area contributed by atoms with Crippen molar-refractivity contribution in [2.24, 2.45) is 0 Å². The van der Waals surface area contributed by atoms with Gasteiger partial charge in [-0.3, -0.25) is 0 Å². The lowest BCUT2D eigenvalue weighted by Gasteiger charge is -2.29. The van der Waals surface area contributed by atoms with E-state index in [1.165, 1.54) is 0 Å². The number of benzene rings is 1.